The molecule has 3 aromatic heterocycles. The Morgan fingerprint density at radius 3 is 2.81 bits per heavy atom. The molecule has 0 fully saturated rings. The van der Waals surface area contributed by atoms with E-state index < -0.39 is 0 Å². The molecule has 0 saturated carbocycles. The van der Waals surface area contributed by atoms with Crippen LogP contribution in [0.25, 0.3) is 10.9 Å². The van der Waals surface area contributed by atoms with Crippen LogP contribution in [0.3, 0.4) is 0 Å². The summed E-state index contributed by atoms with van der Waals surface area (Å²) in [5.41, 5.74) is 1.28. The molecule has 4 heterocycles. The van der Waals surface area contributed by atoms with Gasteiger partial charge in [0.1, 0.15) is 13.2 Å². The molecule has 0 bridgehead atoms. The number of aromatic amines is 1. The number of hydrogen-bond donors (Lipinski definition) is 1. The Bertz CT molecular complexity index is 1350. The number of tetrazole rings is 1. The first-order valence-corrected chi connectivity index (χ1v) is 13.0. The number of ether oxygens (including phenoxy) is 3. The molecule has 0 saturated heterocycles. The van der Waals surface area contributed by atoms with Gasteiger partial charge in [0.25, 0.3) is 5.56 Å². The molecule has 0 radical (unpaired) electrons. The summed E-state index contributed by atoms with van der Waals surface area (Å²) in [5, 5.41) is 15.5. The van der Waals surface area contributed by atoms with Crippen molar-refractivity contribution >= 4 is 22.2 Å². The number of fused-ring (bicyclic) bond motifs is 2. The first-order valence-electron chi connectivity index (χ1n) is 12.1. The lowest BCUT2D eigenvalue weighted by Crippen LogP contribution is -2.32. The molecule has 11 heteroatoms. The van der Waals surface area contributed by atoms with Crippen LogP contribution in [-0.4, -0.2) is 57.0 Å². The van der Waals surface area contributed by atoms with Crippen molar-refractivity contribution in [3.8, 4) is 11.5 Å². The van der Waals surface area contributed by atoms with Crippen molar-refractivity contribution in [1.29, 1.82) is 0 Å². The number of nitrogens with one attached hydrogen (secondary N) is 1. The molecule has 0 spiro atoms. The molecular weight excluding hydrogens is 480 g/mol. The van der Waals surface area contributed by atoms with Gasteiger partial charge in [0, 0.05) is 42.1 Å². The number of methoxy groups -OCH3 is 1. The molecule has 1 atom stereocenters. The summed E-state index contributed by atoms with van der Waals surface area (Å²) in [4.78, 5) is 19.7. The lowest BCUT2D eigenvalue weighted by atomic mass is 10.1. The molecule has 1 aliphatic heterocycles. The van der Waals surface area contributed by atoms with Crippen LogP contribution in [0.2, 0.25) is 0 Å². The number of rotatable bonds is 11. The molecule has 190 valence electrons. The maximum atomic E-state index is 13.2. The Morgan fingerprint density at radius 2 is 2.06 bits per heavy atom. The van der Waals surface area contributed by atoms with E-state index in [0.717, 1.165) is 29.6 Å². The van der Waals surface area contributed by atoms with Gasteiger partial charge in [0.05, 0.1) is 24.7 Å². The number of hydrogen-bond acceptors (Lipinski definition) is 9. The number of aromatic nitrogens is 5. The van der Waals surface area contributed by atoms with Crippen molar-refractivity contribution in [2.75, 3.05) is 26.9 Å². The van der Waals surface area contributed by atoms with Crippen molar-refractivity contribution < 1.29 is 14.2 Å². The largest absolute Gasteiger partial charge is 0.486 e. The third-order valence-electron chi connectivity index (χ3n) is 6.26. The summed E-state index contributed by atoms with van der Waals surface area (Å²) in [5.74, 6) is 2.13. The van der Waals surface area contributed by atoms with Crippen molar-refractivity contribution in [2.24, 2.45) is 0 Å². The molecule has 1 aromatic carbocycles. The standard InChI is InChI=1S/C25H30N6O4S/c1-3-5-21(24-27-28-29-31(24)7-8-33-2)30(16-19-6-4-11-36-19)15-18-12-17-13-22-23(35-10-9-34-22)14-20(17)26-25(18)32/h4,6,11-14,21H,3,5,7-10,15-16H2,1-2H3,(H,26,32). The number of pyridine rings is 1. The zero-order chi connectivity index (χ0) is 24.9. The Labute approximate surface area is 212 Å². The fourth-order valence-corrected chi connectivity index (χ4v) is 5.27. The van der Waals surface area contributed by atoms with Gasteiger partial charge < -0.3 is 19.2 Å². The number of H-pyrrole nitrogens is 1. The lowest BCUT2D eigenvalue weighted by molar-refractivity contribution is 0.148. The van der Waals surface area contributed by atoms with Crippen LogP contribution in [0.1, 0.15) is 42.1 Å². The van der Waals surface area contributed by atoms with E-state index in [1.54, 1.807) is 23.1 Å². The van der Waals surface area contributed by atoms with Crippen LogP contribution in [0.15, 0.2) is 40.5 Å². The van der Waals surface area contributed by atoms with Crippen molar-refractivity contribution in [3.63, 3.8) is 0 Å². The van der Waals surface area contributed by atoms with Crippen LogP contribution >= 0.6 is 11.3 Å². The highest BCUT2D eigenvalue weighted by atomic mass is 32.1. The first-order chi connectivity index (χ1) is 17.7. The predicted molar refractivity (Wildman–Crippen MR) is 136 cm³/mol. The third kappa shape index (κ3) is 5.28. The summed E-state index contributed by atoms with van der Waals surface area (Å²) in [6.45, 7) is 5.37. The maximum absolute atomic E-state index is 13.2. The number of benzene rings is 1. The van der Waals surface area contributed by atoms with Crippen molar-refractivity contribution in [2.45, 2.75) is 45.4 Å². The average Bonchev–Trinajstić information content (AvgIpc) is 3.57. The molecule has 1 aliphatic rings. The minimum absolute atomic E-state index is 0.0701. The summed E-state index contributed by atoms with van der Waals surface area (Å²) in [7, 11) is 1.66. The second-order valence-electron chi connectivity index (χ2n) is 8.75. The highest BCUT2D eigenvalue weighted by molar-refractivity contribution is 7.09. The minimum atomic E-state index is -0.121. The van der Waals surface area contributed by atoms with Crippen LogP contribution in [0.5, 0.6) is 11.5 Å². The van der Waals surface area contributed by atoms with E-state index in [1.807, 2.05) is 24.3 Å². The average molecular weight is 511 g/mol. The number of thiophene rings is 1. The van der Waals surface area contributed by atoms with E-state index in [0.29, 0.717) is 56.5 Å². The monoisotopic (exact) mass is 510 g/mol. The molecule has 4 aromatic rings. The van der Waals surface area contributed by atoms with Gasteiger partial charge in [-0.2, -0.15) is 0 Å². The second-order valence-corrected chi connectivity index (χ2v) is 9.78. The topological polar surface area (TPSA) is 107 Å². The molecule has 1 N–H and O–H groups in total. The van der Waals surface area contributed by atoms with E-state index in [-0.39, 0.29) is 11.6 Å². The van der Waals surface area contributed by atoms with Gasteiger partial charge in [-0.25, -0.2) is 4.68 Å². The van der Waals surface area contributed by atoms with E-state index in [2.05, 4.69) is 43.8 Å². The summed E-state index contributed by atoms with van der Waals surface area (Å²) >= 11 is 1.70. The SMILES string of the molecule is CCCC(c1nnnn1CCOC)N(Cc1cccs1)Cc1cc2cc3c(cc2[nH]c1=O)OCCO3. The minimum Gasteiger partial charge on any atom is -0.486 e. The van der Waals surface area contributed by atoms with Gasteiger partial charge in [-0.15, -0.1) is 16.4 Å². The number of nitrogens with zero attached hydrogens (tertiary/aromatic N) is 5. The van der Waals surface area contributed by atoms with Gasteiger partial charge in [0.2, 0.25) is 0 Å². The van der Waals surface area contributed by atoms with Crippen LogP contribution in [0, 0.1) is 0 Å². The van der Waals surface area contributed by atoms with Gasteiger partial charge in [0.15, 0.2) is 17.3 Å². The van der Waals surface area contributed by atoms with E-state index in [1.165, 1.54) is 4.88 Å². The summed E-state index contributed by atoms with van der Waals surface area (Å²) in [6.07, 6.45) is 1.79. The van der Waals surface area contributed by atoms with Crippen molar-refractivity contribution in [3.05, 3.63) is 62.3 Å². The van der Waals surface area contributed by atoms with Gasteiger partial charge in [-0.1, -0.05) is 19.4 Å². The summed E-state index contributed by atoms with van der Waals surface area (Å²) < 4.78 is 18.5. The van der Waals surface area contributed by atoms with Crippen LogP contribution < -0.4 is 15.0 Å². The second kappa shape index (κ2) is 11.2. The fourth-order valence-electron chi connectivity index (χ4n) is 4.54. The molecule has 36 heavy (non-hydrogen) atoms. The molecular formula is C25H30N6O4S. The highest BCUT2D eigenvalue weighted by Crippen LogP contribution is 2.34. The van der Waals surface area contributed by atoms with Crippen LogP contribution in [0.4, 0.5) is 0 Å². The zero-order valence-electron chi connectivity index (χ0n) is 20.5. The smallest absolute Gasteiger partial charge is 0.252 e. The van der Waals surface area contributed by atoms with Gasteiger partial charge in [-0.3, -0.25) is 9.69 Å². The quantitative estimate of drug-likeness (QED) is 0.327. The molecule has 0 aliphatic carbocycles. The Kier molecular flexibility index (Phi) is 7.59. The van der Waals surface area contributed by atoms with Crippen molar-refractivity contribution in [1.82, 2.24) is 30.1 Å². The van der Waals surface area contributed by atoms with Crippen LogP contribution in [-0.2, 0) is 24.4 Å². The normalized spacial score (nSPS) is 14.0. The summed E-state index contributed by atoms with van der Waals surface area (Å²) in [6, 6.07) is 9.81. The Balaban J connectivity index is 1.51. The first kappa shape index (κ1) is 24.4. The molecule has 0 amide bonds. The molecule has 10 nitrogen and oxygen atoms in total. The van der Waals surface area contributed by atoms with Gasteiger partial charge >= 0.3 is 0 Å². The highest BCUT2D eigenvalue weighted by Gasteiger charge is 2.27. The maximum Gasteiger partial charge on any atom is 0.252 e. The van der Waals surface area contributed by atoms with E-state index in [9.17, 15) is 4.79 Å². The predicted octanol–water partition coefficient (Wildman–Crippen LogP) is 3.54. The lowest BCUT2D eigenvalue weighted by Gasteiger charge is -2.30. The molecule has 5 rings (SSSR count). The Morgan fingerprint density at radius 1 is 1.22 bits per heavy atom. The Hall–Kier alpha value is -3.28. The fraction of sp³-hybridized carbons (Fsp3) is 0.440. The molecule has 1 unspecified atom stereocenters. The van der Waals surface area contributed by atoms with E-state index in [4.69, 9.17) is 14.2 Å². The van der Waals surface area contributed by atoms with E-state index >= 15 is 0 Å². The van der Waals surface area contributed by atoms with Gasteiger partial charge in [-0.05, 0) is 40.4 Å². The third-order valence-corrected chi connectivity index (χ3v) is 7.13. The zero-order valence-corrected chi connectivity index (χ0v) is 21.3.